The van der Waals surface area contributed by atoms with E-state index in [9.17, 15) is 0 Å². The second kappa shape index (κ2) is 8.49. The molecule has 0 amide bonds. The van der Waals surface area contributed by atoms with Gasteiger partial charge in [0.2, 0.25) is 0 Å². The zero-order chi connectivity index (χ0) is 13.8. The van der Waals surface area contributed by atoms with Gasteiger partial charge in [0.25, 0.3) is 0 Å². The van der Waals surface area contributed by atoms with Gasteiger partial charge in [-0.3, -0.25) is 0 Å². The summed E-state index contributed by atoms with van der Waals surface area (Å²) in [5, 5.41) is 7.38. The Hall–Kier alpha value is -0.130. The fraction of sp³-hybridized carbons (Fsp3) is 0.625. The summed E-state index contributed by atoms with van der Waals surface area (Å²) in [7, 11) is 0. The smallest absolute Gasteiger partial charge is 0.0623 e. The molecular weight excluding hydrogens is 352 g/mol. The Kier molecular flexibility index (Phi) is 6.96. The molecule has 3 rings (SSSR count). The maximum atomic E-state index is 5.62. The Morgan fingerprint density at radius 3 is 2.76 bits per heavy atom. The van der Waals surface area contributed by atoms with Crippen molar-refractivity contribution >= 4 is 28.3 Å². The maximum Gasteiger partial charge on any atom is 0.0623 e. The summed E-state index contributed by atoms with van der Waals surface area (Å²) in [6.07, 6.45) is 3.94. The van der Waals surface area contributed by atoms with Crippen LogP contribution in [0.1, 0.15) is 24.8 Å². The number of benzene rings is 1. The molecule has 1 saturated carbocycles. The van der Waals surface area contributed by atoms with Crippen LogP contribution >= 0.6 is 28.3 Å². The zero-order valence-electron chi connectivity index (χ0n) is 12.2. The van der Waals surface area contributed by atoms with E-state index < -0.39 is 0 Å². The van der Waals surface area contributed by atoms with Gasteiger partial charge >= 0.3 is 0 Å². The monoisotopic (exact) mass is 374 g/mol. The van der Waals surface area contributed by atoms with Crippen molar-refractivity contribution in [1.29, 1.82) is 0 Å². The average molecular weight is 376 g/mol. The van der Waals surface area contributed by atoms with Crippen LogP contribution in [0.15, 0.2) is 28.7 Å². The molecule has 1 aliphatic carbocycles. The molecule has 118 valence electrons. The molecule has 1 heterocycles. The fourth-order valence-corrected chi connectivity index (χ4v) is 3.70. The van der Waals surface area contributed by atoms with E-state index >= 15 is 0 Å². The van der Waals surface area contributed by atoms with E-state index in [1.807, 2.05) is 0 Å². The molecule has 3 unspecified atom stereocenters. The summed E-state index contributed by atoms with van der Waals surface area (Å²) >= 11 is 3.48. The van der Waals surface area contributed by atoms with Crippen molar-refractivity contribution in [2.45, 2.75) is 37.9 Å². The molecule has 1 aliphatic heterocycles. The highest BCUT2D eigenvalue weighted by atomic mass is 79.9. The van der Waals surface area contributed by atoms with Crippen molar-refractivity contribution in [2.75, 3.05) is 19.8 Å². The van der Waals surface area contributed by atoms with Crippen molar-refractivity contribution < 1.29 is 4.74 Å². The third kappa shape index (κ3) is 4.67. The molecule has 1 aromatic rings. The third-order valence-corrected chi connectivity index (χ3v) is 5.05. The Morgan fingerprint density at radius 2 is 2.05 bits per heavy atom. The second-order valence-electron chi connectivity index (χ2n) is 5.84. The lowest BCUT2D eigenvalue weighted by Gasteiger charge is -2.33. The maximum absolute atomic E-state index is 5.62. The van der Waals surface area contributed by atoms with E-state index in [4.69, 9.17) is 4.74 Å². The molecule has 0 spiro atoms. The molecule has 2 N–H and O–H groups in total. The van der Waals surface area contributed by atoms with Crippen LogP contribution in [0.5, 0.6) is 0 Å². The number of hydrogen-bond acceptors (Lipinski definition) is 3. The summed E-state index contributed by atoms with van der Waals surface area (Å²) < 4.78 is 6.77. The van der Waals surface area contributed by atoms with Crippen molar-refractivity contribution in [3.8, 4) is 0 Å². The summed E-state index contributed by atoms with van der Waals surface area (Å²) in [6.45, 7) is 3.70. The van der Waals surface area contributed by atoms with E-state index in [1.165, 1.54) is 24.8 Å². The number of halogens is 2. The van der Waals surface area contributed by atoms with Crippen LogP contribution in [0.4, 0.5) is 0 Å². The molecule has 3 atom stereocenters. The quantitative estimate of drug-likeness (QED) is 0.848. The van der Waals surface area contributed by atoms with Gasteiger partial charge in [-0.05, 0) is 36.5 Å². The molecule has 3 nitrogen and oxygen atoms in total. The number of hydrogen-bond donors (Lipinski definition) is 2. The standard InChI is InChI=1S/C16H23BrN2O.ClH/c17-13-6-4-12(5-7-13)10-19-15-3-1-2-14(15)16-11-20-9-8-18-16;/h4-7,14-16,18-19H,1-3,8-11H2;1H. The highest BCUT2D eigenvalue weighted by Crippen LogP contribution is 2.29. The number of rotatable bonds is 4. The van der Waals surface area contributed by atoms with Gasteiger partial charge in [-0.2, -0.15) is 0 Å². The summed E-state index contributed by atoms with van der Waals surface area (Å²) in [5.41, 5.74) is 1.35. The molecule has 1 aromatic carbocycles. The van der Waals surface area contributed by atoms with Gasteiger partial charge in [0.05, 0.1) is 13.2 Å². The molecule has 21 heavy (non-hydrogen) atoms. The van der Waals surface area contributed by atoms with Crippen LogP contribution in [-0.2, 0) is 11.3 Å². The number of ether oxygens (including phenoxy) is 1. The summed E-state index contributed by atoms with van der Waals surface area (Å²) in [5.74, 6) is 0.714. The second-order valence-corrected chi connectivity index (χ2v) is 6.76. The molecule has 2 fully saturated rings. The highest BCUT2D eigenvalue weighted by Gasteiger charge is 2.34. The zero-order valence-corrected chi connectivity index (χ0v) is 14.6. The first-order valence-corrected chi connectivity index (χ1v) is 8.41. The normalized spacial score (nSPS) is 29.1. The molecule has 1 saturated heterocycles. The minimum absolute atomic E-state index is 0. The minimum Gasteiger partial charge on any atom is -0.379 e. The summed E-state index contributed by atoms with van der Waals surface area (Å²) in [4.78, 5) is 0. The first-order valence-electron chi connectivity index (χ1n) is 7.62. The van der Waals surface area contributed by atoms with Crippen molar-refractivity contribution in [2.24, 2.45) is 5.92 Å². The van der Waals surface area contributed by atoms with E-state index in [0.717, 1.165) is 30.8 Å². The molecule has 2 aliphatic rings. The van der Waals surface area contributed by atoms with E-state index in [0.29, 0.717) is 18.0 Å². The van der Waals surface area contributed by atoms with Crippen LogP contribution in [0.3, 0.4) is 0 Å². The van der Waals surface area contributed by atoms with Crippen LogP contribution in [-0.4, -0.2) is 31.8 Å². The Morgan fingerprint density at radius 1 is 1.24 bits per heavy atom. The predicted molar refractivity (Wildman–Crippen MR) is 92.0 cm³/mol. The Bertz CT molecular complexity index is 423. The summed E-state index contributed by atoms with van der Waals surface area (Å²) in [6, 6.07) is 9.75. The van der Waals surface area contributed by atoms with Crippen molar-refractivity contribution in [3.05, 3.63) is 34.3 Å². The molecule has 0 aromatic heterocycles. The third-order valence-electron chi connectivity index (χ3n) is 4.52. The minimum atomic E-state index is 0. The number of nitrogens with one attached hydrogen (secondary N) is 2. The van der Waals surface area contributed by atoms with Crippen LogP contribution in [0.25, 0.3) is 0 Å². The van der Waals surface area contributed by atoms with Crippen LogP contribution in [0.2, 0.25) is 0 Å². The lowest BCUT2D eigenvalue weighted by Crippen LogP contribution is -2.50. The predicted octanol–water partition coefficient (Wildman–Crippen LogP) is 3.12. The van der Waals surface area contributed by atoms with Crippen molar-refractivity contribution in [1.82, 2.24) is 10.6 Å². The highest BCUT2D eigenvalue weighted by molar-refractivity contribution is 9.10. The first-order chi connectivity index (χ1) is 9.83. The van der Waals surface area contributed by atoms with Gasteiger partial charge in [0.15, 0.2) is 0 Å². The SMILES string of the molecule is Brc1ccc(CNC2CCCC2C2COCCN2)cc1.Cl. The largest absolute Gasteiger partial charge is 0.379 e. The van der Waals surface area contributed by atoms with Crippen LogP contribution in [0, 0.1) is 5.92 Å². The lowest BCUT2D eigenvalue weighted by atomic mass is 9.94. The Balaban J connectivity index is 0.00000161. The average Bonchev–Trinajstić information content (AvgIpc) is 2.96. The van der Waals surface area contributed by atoms with Gasteiger partial charge in [-0.25, -0.2) is 0 Å². The molecule has 0 radical (unpaired) electrons. The number of morpholine rings is 1. The van der Waals surface area contributed by atoms with Gasteiger partial charge in [0, 0.05) is 29.6 Å². The molecular formula is C16H24BrClN2O. The van der Waals surface area contributed by atoms with Gasteiger partial charge in [-0.1, -0.05) is 34.5 Å². The molecule has 5 heteroatoms. The fourth-order valence-electron chi connectivity index (χ4n) is 3.44. The van der Waals surface area contributed by atoms with Gasteiger partial charge in [-0.15, -0.1) is 12.4 Å². The van der Waals surface area contributed by atoms with Crippen LogP contribution < -0.4 is 10.6 Å². The lowest BCUT2D eigenvalue weighted by molar-refractivity contribution is 0.0524. The van der Waals surface area contributed by atoms with Gasteiger partial charge < -0.3 is 15.4 Å². The molecule has 0 bridgehead atoms. The topological polar surface area (TPSA) is 33.3 Å². The van der Waals surface area contributed by atoms with E-state index in [2.05, 4.69) is 50.8 Å². The van der Waals surface area contributed by atoms with E-state index in [-0.39, 0.29) is 12.4 Å². The Labute approximate surface area is 141 Å². The van der Waals surface area contributed by atoms with Crippen molar-refractivity contribution in [3.63, 3.8) is 0 Å². The van der Waals surface area contributed by atoms with Gasteiger partial charge in [0.1, 0.15) is 0 Å². The van der Waals surface area contributed by atoms with E-state index in [1.54, 1.807) is 0 Å². The first kappa shape index (κ1) is 17.2.